The summed E-state index contributed by atoms with van der Waals surface area (Å²) in [6.07, 6.45) is 3.52. The first-order valence-electron chi connectivity index (χ1n) is 11.5. The second kappa shape index (κ2) is 9.32. The van der Waals surface area contributed by atoms with Crippen LogP contribution in [-0.4, -0.2) is 62.9 Å². The van der Waals surface area contributed by atoms with Gasteiger partial charge in [-0.15, -0.1) is 0 Å². The molecule has 0 aromatic heterocycles. The first kappa shape index (κ1) is 22.2. The third-order valence-corrected chi connectivity index (χ3v) is 8.28. The van der Waals surface area contributed by atoms with E-state index in [1.54, 1.807) is 24.3 Å². The third-order valence-electron chi connectivity index (χ3n) is 6.37. The summed E-state index contributed by atoms with van der Waals surface area (Å²) >= 11 is 0. The van der Waals surface area contributed by atoms with Crippen molar-refractivity contribution in [2.75, 3.05) is 44.7 Å². The van der Waals surface area contributed by atoms with Gasteiger partial charge < -0.3 is 14.8 Å². The van der Waals surface area contributed by atoms with Crippen LogP contribution >= 0.6 is 0 Å². The van der Waals surface area contributed by atoms with Gasteiger partial charge in [0.05, 0.1) is 24.7 Å². The molecular formula is C24H29N3O5S. The van der Waals surface area contributed by atoms with Gasteiger partial charge in [-0.1, -0.05) is 0 Å². The summed E-state index contributed by atoms with van der Waals surface area (Å²) in [7, 11) is -3.45. The second-order valence-corrected chi connectivity index (χ2v) is 10.7. The highest BCUT2D eigenvalue weighted by Gasteiger charge is 2.27. The van der Waals surface area contributed by atoms with Crippen LogP contribution in [0.3, 0.4) is 0 Å². The zero-order valence-corrected chi connectivity index (χ0v) is 19.4. The maximum atomic E-state index is 12.7. The van der Waals surface area contributed by atoms with Crippen molar-refractivity contribution in [2.45, 2.75) is 37.1 Å². The van der Waals surface area contributed by atoms with E-state index in [1.807, 2.05) is 6.07 Å². The largest absolute Gasteiger partial charge is 0.490 e. The number of hydrogen-bond donors (Lipinski definition) is 1. The number of rotatable bonds is 5. The van der Waals surface area contributed by atoms with Gasteiger partial charge in [0.1, 0.15) is 0 Å². The number of fused-ring (bicyclic) bond motifs is 2. The highest BCUT2D eigenvalue weighted by Crippen LogP contribution is 2.35. The number of hydrogen-bond acceptors (Lipinski definition) is 6. The van der Waals surface area contributed by atoms with Crippen LogP contribution < -0.4 is 14.8 Å². The Kier molecular flexibility index (Phi) is 6.27. The Labute approximate surface area is 194 Å². The van der Waals surface area contributed by atoms with E-state index in [9.17, 15) is 13.2 Å². The van der Waals surface area contributed by atoms with Crippen LogP contribution in [0.4, 0.5) is 5.69 Å². The molecule has 0 spiro atoms. The predicted octanol–water partition coefficient (Wildman–Crippen LogP) is 2.63. The fourth-order valence-corrected chi connectivity index (χ4v) is 6.11. The highest BCUT2D eigenvalue weighted by atomic mass is 32.2. The molecule has 0 bridgehead atoms. The normalized spacial score (nSPS) is 19.0. The van der Waals surface area contributed by atoms with Crippen LogP contribution in [0.15, 0.2) is 41.3 Å². The predicted molar refractivity (Wildman–Crippen MR) is 124 cm³/mol. The molecule has 1 N–H and O–H groups in total. The van der Waals surface area contributed by atoms with Crippen molar-refractivity contribution in [1.29, 1.82) is 0 Å². The van der Waals surface area contributed by atoms with Crippen LogP contribution in [0.2, 0.25) is 0 Å². The van der Waals surface area contributed by atoms with Crippen LogP contribution in [0, 0.1) is 0 Å². The molecule has 33 heavy (non-hydrogen) atoms. The molecule has 1 saturated heterocycles. The first-order chi connectivity index (χ1) is 16.0. The third kappa shape index (κ3) is 4.85. The molecule has 1 amide bonds. The Morgan fingerprint density at radius 2 is 1.58 bits per heavy atom. The van der Waals surface area contributed by atoms with Gasteiger partial charge >= 0.3 is 0 Å². The second-order valence-electron chi connectivity index (χ2n) is 8.76. The molecule has 0 saturated carbocycles. The topological polar surface area (TPSA) is 88.2 Å². The number of nitrogens with zero attached hydrogens (tertiary/aromatic N) is 2. The number of ether oxygens (including phenoxy) is 2. The van der Waals surface area contributed by atoms with E-state index in [4.69, 9.17) is 9.47 Å². The maximum absolute atomic E-state index is 12.7. The molecule has 2 aromatic rings. The maximum Gasteiger partial charge on any atom is 0.243 e. The summed E-state index contributed by atoms with van der Waals surface area (Å²) in [6, 6.07) is 10.5. The average Bonchev–Trinajstić information content (AvgIpc) is 3.26. The smallest absolute Gasteiger partial charge is 0.243 e. The number of carbonyl (C=O) groups is 1. The molecule has 3 heterocycles. The Morgan fingerprint density at radius 1 is 0.909 bits per heavy atom. The Balaban J connectivity index is 1.19. The Hall–Kier alpha value is -2.62. The number of anilines is 1. The fraction of sp³-hybridized carbons (Fsp3) is 0.458. The van der Waals surface area contributed by atoms with Crippen LogP contribution in [0.25, 0.3) is 0 Å². The zero-order valence-electron chi connectivity index (χ0n) is 18.6. The molecule has 3 aliphatic heterocycles. The lowest BCUT2D eigenvalue weighted by Crippen LogP contribution is -2.37. The van der Waals surface area contributed by atoms with Crippen molar-refractivity contribution in [3.05, 3.63) is 47.5 Å². The Morgan fingerprint density at radius 3 is 2.27 bits per heavy atom. The molecule has 2 aromatic carbocycles. The number of sulfonamides is 1. The number of benzene rings is 2. The molecule has 0 unspecified atom stereocenters. The number of amides is 1. The van der Waals surface area contributed by atoms with Crippen LogP contribution in [0.1, 0.15) is 30.4 Å². The summed E-state index contributed by atoms with van der Waals surface area (Å²) in [5.74, 6) is 1.47. The minimum Gasteiger partial charge on any atom is -0.490 e. The number of carbonyl (C=O) groups excluding carboxylic acids is 1. The summed E-state index contributed by atoms with van der Waals surface area (Å²) in [4.78, 5) is 15.0. The summed E-state index contributed by atoms with van der Waals surface area (Å²) in [5.41, 5.74) is 2.99. The SMILES string of the molecule is O=C(CN1CCc2cc3c(cc2C1)OCCCO3)Nc1ccc(S(=O)(=O)N2CCCC2)cc1. The summed E-state index contributed by atoms with van der Waals surface area (Å²) in [6.45, 7) is 4.18. The van der Waals surface area contributed by atoms with E-state index in [0.29, 0.717) is 38.5 Å². The fourth-order valence-electron chi connectivity index (χ4n) is 4.60. The van der Waals surface area contributed by atoms with E-state index in [1.165, 1.54) is 9.87 Å². The molecule has 0 radical (unpaired) electrons. The van der Waals surface area contributed by atoms with E-state index >= 15 is 0 Å². The quantitative estimate of drug-likeness (QED) is 0.721. The van der Waals surface area contributed by atoms with Gasteiger partial charge in [0, 0.05) is 38.3 Å². The lowest BCUT2D eigenvalue weighted by atomic mass is 9.99. The van der Waals surface area contributed by atoms with E-state index in [2.05, 4.69) is 16.3 Å². The molecular weight excluding hydrogens is 442 g/mol. The van der Waals surface area contributed by atoms with Gasteiger partial charge in [-0.2, -0.15) is 4.31 Å². The van der Waals surface area contributed by atoms with E-state index in [-0.39, 0.29) is 17.3 Å². The molecule has 3 aliphatic rings. The minimum absolute atomic E-state index is 0.122. The summed E-state index contributed by atoms with van der Waals surface area (Å²) < 4.78 is 38.4. The molecule has 176 valence electrons. The lowest BCUT2D eigenvalue weighted by molar-refractivity contribution is -0.117. The molecule has 9 heteroatoms. The van der Waals surface area contributed by atoms with Gasteiger partial charge in [0.2, 0.25) is 15.9 Å². The highest BCUT2D eigenvalue weighted by molar-refractivity contribution is 7.89. The first-order valence-corrected chi connectivity index (χ1v) is 13.0. The van der Waals surface area contributed by atoms with Gasteiger partial charge in [0.15, 0.2) is 11.5 Å². The molecule has 0 aliphatic carbocycles. The van der Waals surface area contributed by atoms with Crippen molar-refractivity contribution in [1.82, 2.24) is 9.21 Å². The van der Waals surface area contributed by atoms with Crippen LogP contribution in [0.5, 0.6) is 11.5 Å². The van der Waals surface area contributed by atoms with Crippen molar-refractivity contribution in [3.8, 4) is 11.5 Å². The van der Waals surface area contributed by atoms with Crippen LogP contribution in [-0.2, 0) is 27.8 Å². The van der Waals surface area contributed by atoms with Crippen molar-refractivity contribution >= 4 is 21.6 Å². The summed E-state index contributed by atoms with van der Waals surface area (Å²) in [5, 5.41) is 2.89. The lowest BCUT2D eigenvalue weighted by Gasteiger charge is -2.29. The number of nitrogens with one attached hydrogen (secondary N) is 1. The van der Waals surface area contributed by atoms with E-state index in [0.717, 1.165) is 49.3 Å². The standard InChI is InChI=1S/C24H29N3O5S/c28-24(25-20-4-6-21(7-5-20)33(29,30)27-9-1-2-10-27)17-26-11-8-18-14-22-23(15-19(18)16-26)32-13-3-12-31-22/h4-7,14-15H,1-3,8-13,16-17H2,(H,25,28). The zero-order chi connectivity index (χ0) is 22.8. The molecule has 1 fully saturated rings. The average molecular weight is 472 g/mol. The van der Waals surface area contributed by atoms with Crippen molar-refractivity contribution in [2.24, 2.45) is 0 Å². The van der Waals surface area contributed by atoms with Crippen molar-refractivity contribution in [3.63, 3.8) is 0 Å². The minimum atomic E-state index is -3.45. The van der Waals surface area contributed by atoms with Crippen molar-refractivity contribution < 1.29 is 22.7 Å². The van der Waals surface area contributed by atoms with Gasteiger partial charge in [-0.25, -0.2) is 8.42 Å². The molecule has 8 nitrogen and oxygen atoms in total. The van der Waals surface area contributed by atoms with Gasteiger partial charge in [-0.3, -0.25) is 9.69 Å². The van der Waals surface area contributed by atoms with E-state index < -0.39 is 10.0 Å². The Bertz CT molecular complexity index is 1130. The van der Waals surface area contributed by atoms with Gasteiger partial charge in [0.25, 0.3) is 0 Å². The molecule has 0 atom stereocenters. The molecule has 5 rings (SSSR count). The monoisotopic (exact) mass is 471 g/mol. The van der Waals surface area contributed by atoms with Gasteiger partial charge in [-0.05, 0) is 66.8 Å².